The third kappa shape index (κ3) is 4.55. The summed E-state index contributed by atoms with van der Waals surface area (Å²) >= 11 is 1.16. The summed E-state index contributed by atoms with van der Waals surface area (Å²) in [6.45, 7) is 1.39. The number of rotatable bonds is 5. The topological polar surface area (TPSA) is 71.1 Å². The maximum absolute atomic E-state index is 13.4. The number of thiazole rings is 1. The van der Waals surface area contributed by atoms with Gasteiger partial charge in [0.15, 0.2) is 16.8 Å². The Balaban J connectivity index is 1.63. The Kier molecular flexibility index (Phi) is 5.74. The molecule has 5 nitrogen and oxygen atoms in total. The monoisotopic (exact) mass is 405 g/mol. The number of hydrogen-bond acceptors (Lipinski definition) is 4. The summed E-state index contributed by atoms with van der Waals surface area (Å²) in [6, 6.07) is 8.51. The van der Waals surface area contributed by atoms with Crippen molar-refractivity contribution in [3.63, 3.8) is 0 Å². The van der Waals surface area contributed by atoms with Crippen LogP contribution in [0.2, 0.25) is 0 Å². The predicted octanol–water partition coefficient (Wildman–Crippen LogP) is 3.90. The summed E-state index contributed by atoms with van der Waals surface area (Å²) < 4.78 is 39.6. The number of aromatic nitrogens is 1. The first-order chi connectivity index (χ1) is 13.3. The first-order valence-corrected chi connectivity index (χ1v) is 8.91. The first-order valence-electron chi connectivity index (χ1n) is 8.10. The Hall–Kier alpha value is -3.20. The van der Waals surface area contributed by atoms with E-state index in [1.54, 1.807) is 6.92 Å². The van der Waals surface area contributed by atoms with Crippen molar-refractivity contribution in [2.45, 2.75) is 6.92 Å². The van der Waals surface area contributed by atoms with E-state index in [1.165, 1.54) is 24.3 Å². The second kappa shape index (κ2) is 8.22. The maximum Gasteiger partial charge on any atom is 0.251 e. The lowest BCUT2D eigenvalue weighted by atomic mass is 10.1. The van der Waals surface area contributed by atoms with Crippen molar-refractivity contribution in [1.82, 2.24) is 10.3 Å². The quantitative estimate of drug-likeness (QED) is 0.676. The molecule has 0 aliphatic carbocycles. The molecule has 0 spiro atoms. The summed E-state index contributed by atoms with van der Waals surface area (Å²) in [4.78, 5) is 28.9. The van der Waals surface area contributed by atoms with Crippen LogP contribution in [-0.4, -0.2) is 23.3 Å². The second-order valence-corrected chi connectivity index (χ2v) is 7.00. The summed E-state index contributed by atoms with van der Waals surface area (Å²) in [5, 5.41) is 5.16. The predicted molar refractivity (Wildman–Crippen MR) is 99.6 cm³/mol. The average molecular weight is 405 g/mol. The van der Waals surface area contributed by atoms with Crippen molar-refractivity contribution >= 4 is 28.3 Å². The van der Waals surface area contributed by atoms with E-state index in [0.29, 0.717) is 16.1 Å². The van der Waals surface area contributed by atoms with Gasteiger partial charge in [0.1, 0.15) is 5.82 Å². The fourth-order valence-corrected chi connectivity index (χ4v) is 3.27. The van der Waals surface area contributed by atoms with Gasteiger partial charge in [0.25, 0.3) is 5.91 Å². The number of carbonyl (C=O) groups excluding carboxylic acids is 2. The SMILES string of the molecule is Cc1sc(NC(=O)CNC(=O)c2cccc(F)c2)nc1-c1ccc(F)c(F)c1. The van der Waals surface area contributed by atoms with Crippen LogP contribution in [0.25, 0.3) is 11.3 Å². The van der Waals surface area contributed by atoms with Gasteiger partial charge in [-0.05, 0) is 43.3 Å². The molecule has 28 heavy (non-hydrogen) atoms. The molecule has 3 aromatic rings. The van der Waals surface area contributed by atoms with Crippen molar-refractivity contribution < 1.29 is 22.8 Å². The van der Waals surface area contributed by atoms with E-state index in [-0.39, 0.29) is 17.2 Å². The van der Waals surface area contributed by atoms with Crippen LogP contribution < -0.4 is 10.6 Å². The molecule has 0 fully saturated rings. The van der Waals surface area contributed by atoms with E-state index < -0.39 is 29.3 Å². The van der Waals surface area contributed by atoms with Gasteiger partial charge < -0.3 is 10.6 Å². The average Bonchev–Trinajstić information content (AvgIpc) is 3.02. The molecule has 2 amide bonds. The number of aryl methyl sites for hydroxylation is 1. The zero-order chi connectivity index (χ0) is 20.3. The highest BCUT2D eigenvalue weighted by Gasteiger charge is 2.15. The number of nitrogens with zero attached hydrogens (tertiary/aromatic N) is 1. The highest BCUT2D eigenvalue weighted by Crippen LogP contribution is 2.31. The number of amides is 2. The molecule has 9 heteroatoms. The van der Waals surface area contributed by atoms with Crippen molar-refractivity contribution in [1.29, 1.82) is 0 Å². The zero-order valence-corrected chi connectivity index (χ0v) is 15.4. The second-order valence-electron chi connectivity index (χ2n) is 5.79. The molecule has 1 aromatic heterocycles. The van der Waals surface area contributed by atoms with Gasteiger partial charge in [-0.3, -0.25) is 9.59 Å². The van der Waals surface area contributed by atoms with Gasteiger partial charge in [-0.1, -0.05) is 6.07 Å². The molecule has 0 aliphatic heterocycles. The molecule has 0 bridgehead atoms. The highest BCUT2D eigenvalue weighted by atomic mass is 32.1. The maximum atomic E-state index is 13.4. The largest absolute Gasteiger partial charge is 0.343 e. The Morgan fingerprint density at radius 3 is 2.57 bits per heavy atom. The molecule has 0 unspecified atom stereocenters. The summed E-state index contributed by atoms with van der Waals surface area (Å²) in [5.41, 5.74) is 0.897. The van der Waals surface area contributed by atoms with Gasteiger partial charge in [-0.15, -0.1) is 11.3 Å². The molecule has 0 aliphatic rings. The van der Waals surface area contributed by atoms with E-state index in [2.05, 4.69) is 15.6 Å². The van der Waals surface area contributed by atoms with E-state index >= 15 is 0 Å². The van der Waals surface area contributed by atoms with Crippen LogP contribution in [0, 0.1) is 24.4 Å². The Morgan fingerprint density at radius 1 is 1.07 bits per heavy atom. The van der Waals surface area contributed by atoms with Crippen molar-refractivity contribution in [3.05, 3.63) is 70.4 Å². The smallest absolute Gasteiger partial charge is 0.251 e. The fourth-order valence-electron chi connectivity index (χ4n) is 2.42. The molecule has 1 heterocycles. The van der Waals surface area contributed by atoms with Crippen LogP contribution in [0.5, 0.6) is 0 Å². The normalized spacial score (nSPS) is 10.6. The van der Waals surface area contributed by atoms with Gasteiger partial charge in [0, 0.05) is 16.0 Å². The van der Waals surface area contributed by atoms with Crippen LogP contribution in [-0.2, 0) is 4.79 Å². The van der Waals surface area contributed by atoms with Gasteiger partial charge in [-0.25, -0.2) is 18.2 Å². The number of halogens is 3. The summed E-state index contributed by atoms with van der Waals surface area (Å²) in [5.74, 6) is -3.63. The molecule has 0 saturated carbocycles. The molecular weight excluding hydrogens is 391 g/mol. The van der Waals surface area contributed by atoms with Crippen LogP contribution in [0.3, 0.4) is 0 Å². The van der Waals surface area contributed by atoms with Crippen LogP contribution in [0.4, 0.5) is 18.3 Å². The number of carbonyl (C=O) groups is 2. The van der Waals surface area contributed by atoms with Gasteiger partial charge in [-0.2, -0.15) is 0 Å². The van der Waals surface area contributed by atoms with Crippen LogP contribution in [0.1, 0.15) is 15.2 Å². The Morgan fingerprint density at radius 2 is 1.86 bits per heavy atom. The lowest BCUT2D eigenvalue weighted by molar-refractivity contribution is -0.115. The lowest BCUT2D eigenvalue weighted by Crippen LogP contribution is -2.32. The van der Waals surface area contributed by atoms with Crippen molar-refractivity contribution in [2.24, 2.45) is 0 Å². The van der Waals surface area contributed by atoms with Crippen molar-refractivity contribution in [2.75, 3.05) is 11.9 Å². The number of benzene rings is 2. The summed E-state index contributed by atoms with van der Waals surface area (Å²) in [7, 11) is 0. The van der Waals surface area contributed by atoms with E-state index in [4.69, 9.17) is 0 Å². The number of nitrogens with one attached hydrogen (secondary N) is 2. The summed E-state index contributed by atoms with van der Waals surface area (Å²) in [6.07, 6.45) is 0. The number of anilines is 1. The minimum absolute atomic E-state index is 0.0958. The van der Waals surface area contributed by atoms with Crippen molar-refractivity contribution in [3.8, 4) is 11.3 Å². The van der Waals surface area contributed by atoms with Crippen LogP contribution in [0.15, 0.2) is 42.5 Å². The zero-order valence-electron chi connectivity index (χ0n) is 14.6. The van der Waals surface area contributed by atoms with E-state index in [0.717, 1.165) is 29.5 Å². The van der Waals surface area contributed by atoms with Crippen LogP contribution >= 0.6 is 11.3 Å². The standard InChI is InChI=1S/C19H14F3N3O2S/c1-10-17(11-5-6-14(21)15(22)8-11)25-19(28-10)24-16(26)9-23-18(27)12-3-2-4-13(20)7-12/h2-8H,9H2,1H3,(H,23,27)(H,24,25,26). The molecule has 0 saturated heterocycles. The molecule has 144 valence electrons. The lowest BCUT2D eigenvalue weighted by Gasteiger charge is -2.05. The molecule has 2 N–H and O–H groups in total. The van der Waals surface area contributed by atoms with E-state index in [1.807, 2.05) is 0 Å². The minimum Gasteiger partial charge on any atom is -0.343 e. The van der Waals surface area contributed by atoms with Gasteiger partial charge in [0.05, 0.1) is 12.2 Å². The molecule has 0 radical (unpaired) electrons. The highest BCUT2D eigenvalue weighted by molar-refractivity contribution is 7.16. The Labute approximate surface area is 162 Å². The van der Waals surface area contributed by atoms with E-state index in [9.17, 15) is 22.8 Å². The number of hydrogen-bond donors (Lipinski definition) is 2. The van der Waals surface area contributed by atoms with Gasteiger partial charge >= 0.3 is 0 Å². The molecule has 2 aromatic carbocycles. The Bertz CT molecular complexity index is 1050. The fraction of sp³-hybridized carbons (Fsp3) is 0.105. The minimum atomic E-state index is -0.990. The third-order valence-electron chi connectivity index (χ3n) is 3.73. The molecule has 0 atom stereocenters. The van der Waals surface area contributed by atoms with Gasteiger partial charge in [0.2, 0.25) is 5.91 Å². The molecular formula is C19H14F3N3O2S. The molecule has 3 rings (SSSR count). The third-order valence-corrected chi connectivity index (χ3v) is 4.62. The first kappa shape index (κ1) is 19.6.